The van der Waals surface area contributed by atoms with Crippen molar-refractivity contribution in [2.45, 2.75) is 24.9 Å². The number of fused-ring (bicyclic) bond motifs is 5. The van der Waals surface area contributed by atoms with Gasteiger partial charge in [-0.2, -0.15) is 0 Å². The number of nitrogens with one attached hydrogen (secondary N) is 1. The molecule has 36 heavy (non-hydrogen) atoms. The van der Waals surface area contributed by atoms with Gasteiger partial charge in [-0.1, -0.05) is 58.4 Å². The number of para-hydroxylation sites is 1. The van der Waals surface area contributed by atoms with Gasteiger partial charge in [-0.25, -0.2) is 0 Å². The SMILES string of the molecule is COc1cccc(CN2CC(=O)N3C[C@H](c4ccc(Br)cc4)c4c([nH]c5ccccc45)[C@@]3(C)C2=O)c1. The third-order valence-electron chi connectivity index (χ3n) is 7.60. The number of amides is 2. The maximum absolute atomic E-state index is 14.2. The molecule has 0 unspecified atom stereocenters. The van der Waals surface area contributed by atoms with E-state index in [0.717, 1.165) is 43.5 Å². The van der Waals surface area contributed by atoms with Crippen LogP contribution in [-0.2, 0) is 21.7 Å². The summed E-state index contributed by atoms with van der Waals surface area (Å²) >= 11 is 3.53. The molecule has 1 aromatic heterocycles. The van der Waals surface area contributed by atoms with Gasteiger partial charge < -0.3 is 19.5 Å². The Kier molecular flexibility index (Phi) is 5.41. The number of carbonyl (C=O) groups excluding carboxylic acids is 2. The fraction of sp³-hybridized carbons (Fsp3) is 0.241. The highest BCUT2D eigenvalue weighted by Crippen LogP contribution is 2.48. The quantitative estimate of drug-likeness (QED) is 0.386. The first-order valence-electron chi connectivity index (χ1n) is 12.0. The lowest BCUT2D eigenvalue weighted by atomic mass is 9.76. The van der Waals surface area contributed by atoms with E-state index in [-0.39, 0.29) is 24.3 Å². The number of carbonyl (C=O) groups is 2. The number of aromatic nitrogens is 1. The van der Waals surface area contributed by atoms with E-state index in [1.807, 2.05) is 61.5 Å². The zero-order chi connectivity index (χ0) is 25.0. The van der Waals surface area contributed by atoms with Crippen LogP contribution in [0.5, 0.6) is 5.75 Å². The van der Waals surface area contributed by atoms with Gasteiger partial charge in [0.1, 0.15) is 12.3 Å². The molecule has 2 amide bonds. The molecule has 6 rings (SSSR count). The van der Waals surface area contributed by atoms with Gasteiger partial charge in [0.05, 0.1) is 12.8 Å². The smallest absolute Gasteiger partial charge is 0.255 e. The van der Waals surface area contributed by atoms with Crippen molar-refractivity contribution in [2.24, 2.45) is 0 Å². The van der Waals surface area contributed by atoms with Crippen molar-refractivity contribution in [1.82, 2.24) is 14.8 Å². The number of nitrogens with zero attached hydrogens (tertiary/aromatic N) is 2. The third kappa shape index (κ3) is 3.45. The number of hydrogen-bond acceptors (Lipinski definition) is 3. The van der Waals surface area contributed by atoms with Crippen molar-refractivity contribution in [2.75, 3.05) is 20.2 Å². The van der Waals surface area contributed by atoms with Crippen LogP contribution in [0.25, 0.3) is 10.9 Å². The molecular weight excluding hydrogens is 518 g/mol. The second kappa shape index (κ2) is 8.52. The summed E-state index contributed by atoms with van der Waals surface area (Å²) in [5, 5.41) is 1.09. The van der Waals surface area contributed by atoms with Crippen LogP contribution >= 0.6 is 15.9 Å². The minimum Gasteiger partial charge on any atom is -0.497 e. The van der Waals surface area contributed by atoms with E-state index in [0.29, 0.717) is 13.1 Å². The fourth-order valence-corrected chi connectivity index (χ4v) is 6.05. The molecule has 0 saturated carbocycles. The fourth-order valence-electron chi connectivity index (χ4n) is 5.79. The Morgan fingerprint density at radius 1 is 1.06 bits per heavy atom. The molecule has 3 aromatic carbocycles. The van der Waals surface area contributed by atoms with Crippen molar-refractivity contribution in [3.05, 3.63) is 99.7 Å². The van der Waals surface area contributed by atoms with Gasteiger partial charge in [0.15, 0.2) is 5.54 Å². The lowest BCUT2D eigenvalue weighted by molar-refractivity contribution is -0.166. The second-order valence-electron chi connectivity index (χ2n) is 9.65. The Hall–Kier alpha value is -3.58. The van der Waals surface area contributed by atoms with Gasteiger partial charge >= 0.3 is 0 Å². The monoisotopic (exact) mass is 543 g/mol. The van der Waals surface area contributed by atoms with Crippen LogP contribution in [0.1, 0.15) is 35.2 Å². The van der Waals surface area contributed by atoms with Gasteiger partial charge in [-0.15, -0.1) is 0 Å². The zero-order valence-corrected chi connectivity index (χ0v) is 21.7. The van der Waals surface area contributed by atoms with Gasteiger partial charge in [-0.3, -0.25) is 9.59 Å². The first kappa shape index (κ1) is 22.9. The highest BCUT2D eigenvalue weighted by atomic mass is 79.9. The van der Waals surface area contributed by atoms with Crippen molar-refractivity contribution in [3.8, 4) is 5.75 Å². The molecule has 0 spiro atoms. The predicted molar refractivity (Wildman–Crippen MR) is 142 cm³/mol. The maximum Gasteiger partial charge on any atom is 0.255 e. The van der Waals surface area contributed by atoms with Crippen LogP contribution in [0.15, 0.2) is 77.3 Å². The van der Waals surface area contributed by atoms with Crippen molar-refractivity contribution >= 4 is 38.6 Å². The molecule has 1 saturated heterocycles. The van der Waals surface area contributed by atoms with E-state index in [1.165, 1.54) is 0 Å². The molecular formula is C29H26BrN3O3. The average molecular weight is 544 g/mol. The molecule has 2 aliphatic rings. The van der Waals surface area contributed by atoms with Gasteiger partial charge in [-0.05, 0) is 53.9 Å². The normalized spacial score (nSPS) is 21.5. The number of H-pyrrole nitrogens is 1. The van der Waals surface area contributed by atoms with Crippen molar-refractivity contribution < 1.29 is 14.3 Å². The van der Waals surface area contributed by atoms with E-state index in [1.54, 1.807) is 16.9 Å². The average Bonchev–Trinajstić information content (AvgIpc) is 3.29. The molecule has 2 aliphatic heterocycles. The largest absolute Gasteiger partial charge is 0.497 e. The lowest BCUT2D eigenvalue weighted by Gasteiger charge is -2.51. The topological polar surface area (TPSA) is 65.6 Å². The number of ether oxygens (including phenoxy) is 1. The van der Waals surface area contributed by atoms with E-state index < -0.39 is 5.54 Å². The Balaban J connectivity index is 1.48. The number of rotatable bonds is 4. The Morgan fingerprint density at radius 2 is 1.83 bits per heavy atom. The number of piperazine rings is 1. The molecule has 0 aliphatic carbocycles. The summed E-state index contributed by atoms with van der Waals surface area (Å²) < 4.78 is 6.36. The molecule has 182 valence electrons. The summed E-state index contributed by atoms with van der Waals surface area (Å²) in [5.41, 5.74) is 3.79. The highest BCUT2D eigenvalue weighted by molar-refractivity contribution is 9.10. The Morgan fingerprint density at radius 3 is 2.61 bits per heavy atom. The first-order valence-corrected chi connectivity index (χ1v) is 12.8. The molecule has 6 nitrogen and oxygen atoms in total. The van der Waals surface area contributed by atoms with E-state index in [9.17, 15) is 9.59 Å². The molecule has 3 heterocycles. The number of halogens is 1. The van der Waals surface area contributed by atoms with Gasteiger partial charge in [0.2, 0.25) is 5.91 Å². The maximum atomic E-state index is 14.2. The zero-order valence-electron chi connectivity index (χ0n) is 20.1. The highest BCUT2D eigenvalue weighted by Gasteiger charge is 2.56. The van der Waals surface area contributed by atoms with Crippen molar-refractivity contribution in [1.29, 1.82) is 0 Å². The van der Waals surface area contributed by atoms with Gasteiger partial charge in [0, 0.05) is 34.4 Å². The van der Waals surface area contributed by atoms with E-state index in [4.69, 9.17) is 4.74 Å². The molecule has 1 N–H and O–H groups in total. The molecule has 7 heteroatoms. The Bertz CT molecular complexity index is 1500. The molecule has 1 fully saturated rings. The number of hydrogen-bond donors (Lipinski definition) is 1. The van der Waals surface area contributed by atoms with Crippen LogP contribution in [-0.4, -0.2) is 46.8 Å². The van der Waals surface area contributed by atoms with Crippen molar-refractivity contribution in [3.63, 3.8) is 0 Å². The van der Waals surface area contributed by atoms with Crippen LogP contribution in [0.3, 0.4) is 0 Å². The first-order chi connectivity index (χ1) is 17.4. The number of aromatic amines is 1. The minimum absolute atomic E-state index is 0.0426. The summed E-state index contributed by atoms with van der Waals surface area (Å²) in [6, 6.07) is 24.0. The summed E-state index contributed by atoms with van der Waals surface area (Å²) in [5.74, 6) is 0.557. The molecule has 0 bridgehead atoms. The Labute approximate surface area is 218 Å². The lowest BCUT2D eigenvalue weighted by Crippen LogP contribution is -2.67. The molecule has 2 atom stereocenters. The van der Waals surface area contributed by atoms with Gasteiger partial charge in [0.25, 0.3) is 5.91 Å². The summed E-state index contributed by atoms with van der Waals surface area (Å²) in [4.78, 5) is 34.8. The number of methoxy groups -OCH3 is 1. The van der Waals surface area contributed by atoms with E-state index in [2.05, 4.69) is 39.1 Å². The van der Waals surface area contributed by atoms with Crippen LogP contribution < -0.4 is 4.74 Å². The molecule has 4 aromatic rings. The van der Waals surface area contributed by atoms with Crippen LogP contribution in [0.4, 0.5) is 0 Å². The number of benzene rings is 3. The molecule has 0 radical (unpaired) electrons. The summed E-state index contributed by atoms with van der Waals surface area (Å²) in [6.45, 7) is 2.73. The predicted octanol–water partition coefficient (Wildman–Crippen LogP) is 5.17. The third-order valence-corrected chi connectivity index (χ3v) is 8.13. The minimum atomic E-state index is -1.12. The summed E-state index contributed by atoms with van der Waals surface area (Å²) in [6.07, 6.45) is 0. The van der Waals surface area contributed by atoms with Crippen LogP contribution in [0.2, 0.25) is 0 Å². The summed E-state index contributed by atoms with van der Waals surface area (Å²) in [7, 11) is 1.62. The van der Waals surface area contributed by atoms with E-state index >= 15 is 0 Å². The second-order valence-corrected chi connectivity index (χ2v) is 10.6. The van der Waals surface area contributed by atoms with Crippen LogP contribution in [0, 0.1) is 0 Å². The standard InChI is InChI=1S/C29H26BrN3O3/c1-29-27-26(22-8-3-4-9-24(22)31-27)23(19-10-12-20(30)13-11-19)16-33(29)25(34)17-32(28(29)35)15-18-6-5-7-21(14-18)36-2/h3-14,23,31H,15-17H2,1-2H3/t23-,29+/m1/s1.